The second-order valence-electron chi connectivity index (χ2n) is 4.33. The van der Waals surface area contributed by atoms with Crippen molar-refractivity contribution in [3.63, 3.8) is 0 Å². The minimum absolute atomic E-state index is 0.147. The average molecular weight is 241 g/mol. The Hall–Kier alpha value is -0.980. The van der Waals surface area contributed by atoms with Crippen molar-refractivity contribution in [2.75, 3.05) is 26.2 Å². The molecule has 2 heterocycles. The Labute approximate surface area is 101 Å². The fourth-order valence-electron chi connectivity index (χ4n) is 1.93. The maximum absolute atomic E-state index is 9.32. The predicted octanol–water partition coefficient (Wildman–Crippen LogP) is 0.906. The number of aliphatic hydroxyl groups excluding tert-OH is 1. The Morgan fingerprint density at radius 2 is 2.41 bits per heavy atom. The molecule has 2 unspecified atom stereocenters. The molecular formula is C11H19N3O3. The number of rotatable bonds is 4. The molecule has 1 fully saturated rings. The SMILES string of the molecule is CCCN1CCOC(c2noc(C(C)O)n2)C1. The molecular weight excluding hydrogens is 222 g/mol. The third kappa shape index (κ3) is 3.02. The standard InChI is InChI=1S/C11H19N3O3/c1-3-4-14-5-6-16-9(7-14)10-12-11(8(2)15)17-13-10/h8-9,15H,3-7H2,1-2H3. The Morgan fingerprint density at radius 1 is 1.59 bits per heavy atom. The van der Waals surface area contributed by atoms with E-state index < -0.39 is 6.10 Å². The molecule has 1 saturated heterocycles. The van der Waals surface area contributed by atoms with E-state index in [0.29, 0.717) is 12.4 Å². The number of hydrogen-bond acceptors (Lipinski definition) is 6. The van der Waals surface area contributed by atoms with E-state index in [-0.39, 0.29) is 12.0 Å². The summed E-state index contributed by atoms with van der Waals surface area (Å²) < 4.78 is 10.6. The Balaban J connectivity index is 2.00. The van der Waals surface area contributed by atoms with Crippen LogP contribution >= 0.6 is 0 Å². The van der Waals surface area contributed by atoms with Crippen molar-refractivity contribution in [1.82, 2.24) is 15.0 Å². The van der Waals surface area contributed by atoms with Crippen molar-refractivity contribution in [3.8, 4) is 0 Å². The minimum Gasteiger partial charge on any atom is -0.384 e. The molecule has 0 aromatic carbocycles. The van der Waals surface area contributed by atoms with Gasteiger partial charge in [-0.2, -0.15) is 4.98 Å². The summed E-state index contributed by atoms with van der Waals surface area (Å²) in [6.45, 7) is 7.23. The molecule has 2 atom stereocenters. The zero-order valence-electron chi connectivity index (χ0n) is 10.3. The number of ether oxygens (including phenoxy) is 1. The topological polar surface area (TPSA) is 71.6 Å². The van der Waals surface area contributed by atoms with Crippen LogP contribution in [0.15, 0.2) is 4.52 Å². The predicted molar refractivity (Wildman–Crippen MR) is 60.4 cm³/mol. The van der Waals surface area contributed by atoms with Crippen molar-refractivity contribution in [2.45, 2.75) is 32.5 Å². The van der Waals surface area contributed by atoms with E-state index in [2.05, 4.69) is 22.0 Å². The van der Waals surface area contributed by atoms with Gasteiger partial charge in [-0.15, -0.1) is 0 Å². The molecule has 6 nitrogen and oxygen atoms in total. The van der Waals surface area contributed by atoms with Crippen molar-refractivity contribution in [2.24, 2.45) is 0 Å². The first-order valence-electron chi connectivity index (χ1n) is 6.06. The van der Waals surface area contributed by atoms with Gasteiger partial charge >= 0.3 is 0 Å². The molecule has 96 valence electrons. The smallest absolute Gasteiger partial charge is 0.255 e. The molecule has 0 bridgehead atoms. The molecule has 0 spiro atoms. The van der Waals surface area contributed by atoms with Crippen LogP contribution < -0.4 is 0 Å². The van der Waals surface area contributed by atoms with Gasteiger partial charge in [0.25, 0.3) is 5.89 Å². The highest BCUT2D eigenvalue weighted by atomic mass is 16.5. The van der Waals surface area contributed by atoms with Gasteiger partial charge in [-0.25, -0.2) is 0 Å². The summed E-state index contributed by atoms with van der Waals surface area (Å²) in [6, 6.07) is 0. The van der Waals surface area contributed by atoms with Crippen LogP contribution in [0.2, 0.25) is 0 Å². The normalized spacial score (nSPS) is 23.8. The van der Waals surface area contributed by atoms with E-state index in [1.165, 1.54) is 0 Å². The lowest BCUT2D eigenvalue weighted by Crippen LogP contribution is -2.39. The van der Waals surface area contributed by atoms with E-state index in [0.717, 1.165) is 26.1 Å². The highest BCUT2D eigenvalue weighted by molar-refractivity contribution is 4.95. The summed E-state index contributed by atoms with van der Waals surface area (Å²) in [5, 5.41) is 13.2. The van der Waals surface area contributed by atoms with E-state index in [1.54, 1.807) is 6.92 Å². The van der Waals surface area contributed by atoms with Gasteiger partial charge in [0.05, 0.1) is 6.61 Å². The van der Waals surface area contributed by atoms with Gasteiger partial charge in [0.2, 0.25) is 5.82 Å². The molecule has 0 radical (unpaired) electrons. The summed E-state index contributed by atoms with van der Waals surface area (Å²) in [5.41, 5.74) is 0. The quantitative estimate of drug-likeness (QED) is 0.844. The van der Waals surface area contributed by atoms with Crippen LogP contribution in [0.5, 0.6) is 0 Å². The van der Waals surface area contributed by atoms with E-state index in [4.69, 9.17) is 9.26 Å². The zero-order chi connectivity index (χ0) is 12.3. The van der Waals surface area contributed by atoms with Gasteiger partial charge in [-0.1, -0.05) is 12.1 Å². The fraction of sp³-hybridized carbons (Fsp3) is 0.818. The maximum Gasteiger partial charge on any atom is 0.255 e. The lowest BCUT2D eigenvalue weighted by Gasteiger charge is -2.30. The van der Waals surface area contributed by atoms with Gasteiger partial charge in [-0.05, 0) is 19.9 Å². The van der Waals surface area contributed by atoms with Crippen LogP contribution in [-0.2, 0) is 4.74 Å². The molecule has 0 amide bonds. The van der Waals surface area contributed by atoms with E-state index >= 15 is 0 Å². The fourth-order valence-corrected chi connectivity index (χ4v) is 1.93. The van der Waals surface area contributed by atoms with Crippen molar-refractivity contribution >= 4 is 0 Å². The molecule has 17 heavy (non-hydrogen) atoms. The van der Waals surface area contributed by atoms with Crippen LogP contribution in [0.3, 0.4) is 0 Å². The summed E-state index contributed by atoms with van der Waals surface area (Å²) in [6.07, 6.45) is 0.246. The molecule has 1 N–H and O–H groups in total. The molecule has 2 rings (SSSR count). The van der Waals surface area contributed by atoms with Gasteiger partial charge in [0, 0.05) is 13.1 Å². The highest BCUT2D eigenvalue weighted by Gasteiger charge is 2.26. The monoisotopic (exact) mass is 241 g/mol. The molecule has 6 heteroatoms. The number of aromatic nitrogens is 2. The van der Waals surface area contributed by atoms with Crippen LogP contribution in [0.25, 0.3) is 0 Å². The molecule has 0 aliphatic carbocycles. The van der Waals surface area contributed by atoms with Crippen molar-refractivity contribution < 1.29 is 14.4 Å². The highest BCUT2D eigenvalue weighted by Crippen LogP contribution is 2.21. The number of nitrogens with zero attached hydrogens (tertiary/aromatic N) is 3. The van der Waals surface area contributed by atoms with Gasteiger partial charge < -0.3 is 14.4 Å². The second-order valence-corrected chi connectivity index (χ2v) is 4.33. The summed E-state index contributed by atoms with van der Waals surface area (Å²) >= 11 is 0. The summed E-state index contributed by atoms with van der Waals surface area (Å²) in [4.78, 5) is 6.47. The Kier molecular flexibility index (Phi) is 4.09. The first kappa shape index (κ1) is 12.5. The van der Waals surface area contributed by atoms with Gasteiger partial charge in [0.1, 0.15) is 12.2 Å². The molecule has 1 aliphatic heterocycles. The number of hydrogen-bond donors (Lipinski definition) is 1. The second kappa shape index (κ2) is 5.57. The van der Waals surface area contributed by atoms with Gasteiger partial charge in [0.15, 0.2) is 0 Å². The molecule has 1 aliphatic rings. The van der Waals surface area contributed by atoms with Crippen molar-refractivity contribution in [1.29, 1.82) is 0 Å². The summed E-state index contributed by atoms with van der Waals surface area (Å²) in [5.74, 6) is 0.776. The Bertz CT molecular complexity index is 351. The van der Waals surface area contributed by atoms with Crippen molar-refractivity contribution in [3.05, 3.63) is 11.7 Å². The molecule has 0 saturated carbocycles. The number of morpholine rings is 1. The maximum atomic E-state index is 9.32. The first-order valence-corrected chi connectivity index (χ1v) is 6.06. The molecule has 1 aromatic heterocycles. The van der Waals surface area contributed by atoms with Gasteiger partial charge in [-0.3, -0.25) is 4.90 Å². The minimum atomic E-state index is -0.730. The average Bonchev–Trinajstić information content (AvgIpc) is 2.79. The van der Waals surface area contributed by atoms with Crippen LogP contribution in [0.1, 0.15) is 44.2 Å². The lowest BCUT2D eigenvalue weighted by molar-refractivity contribution is -0.0350. The zero-order valence-corrected chi connectivity index (χ0v) is 10.3. The van der Waals surface area contributed by atoms with E-state index in [9.17, 15) is 5.11 Å². The Morgan fingerprint density at radius 3 is 3.06 bits per heavy atom. The molecule has 1 aromatic rings. The van der Waals surface area contributed by atoms with E-state index in [1.807, 2.05) is 0 Å². The largest absolute Gasteiger partial charge is 0.384 e. The van der Waals surface area contributed by atoms with Crippen LogP contribution in [-0.4, -0.2) is 46.4 Å². The first-order chi connectivity index (χ1) is 8.20. The van der Waals surface area contributed by atoms with Crippen LogP contribution in [0.4, 0.5) is 0 Å². The van der Waals surface area contributed by atoms with Crippen LogP contribution in [0, 0.1) is 0 Å². The third-order valence-electron chi connectivity index (χ3n) is 2.79. The lowest BCUT2D eigenvalue weighted by atomic mass is 10.2. The third-order valence-corrected chi connectivity index (χ3v) is 2.79. The number of aliphatic hydroxyl groups is 1. The summed E-state index contributed by atoms with van der Waals surface area (Å²) in [7, 11) is 0.